The van der Waals surface area contributed by atoms with Crippen LogP contribution in [-0.2, 0) is 9.53 Å². The SMILES string of the molecule is COC(=O)C(O)c1ccccc1-c1cc(F)ccc1Cl. The smallest absolute Gasteiger partial charge is 0.339 e. The zero-order valence-corrected chi connectivity index (χ0v) is 11.4. The van der Waals surface area contributed by atoms with Gasteiger partial charge in [-0.3, -0.25) is 0 Å². The molecule has 2 rings (SSSR count). The van der Waals surface area contributed by atoms with Crippen LogP contribution in [0.5, 0.6) is 0 Å². The van der Waals surface area contributed by atoms with Gasteiger partial charge in [-0.1, -0.05) is 35.9 Å². The van der Waals surface area contributed by atoms with Gasteiger partial charge in [0.25, 0.3) is 0 Å². The number of halogens is 2. The Morgan fingerprint density at radius 2 is 1.95 bits per heavy atom. The van der Waals surface area contributed by atoms with E-state index >= 15 is 0 Å². The molecule has 2 aromatic carbocycles. The van der Waals surface area contributed by atoms with Crippen LogP contribution in [0.4, 0.5) is 4.39 Å². The molecule has 0 amide bonds. The summed E-state index contributed by atoms with van der Waals surface area (Å²) in [7, 11) is 1.18. The lowest BCUT2D eigenvalue weighted by Gasteiger charge is -2.15. The standard InChI is InChI=1S/C15H12ClFO3/c1-20-15(19)14(18)11-5-3-2-4-10(11)12-8-9(17)6-7-13(12)16/h2-8,14,18H,1H3. The number of hydrogen-bond acceptors (Lipinski definition) is 3. The molecule has 5 heteroatoms. The maximum atomic E-state index is 13.4. The summed E-state index contributed by atoms with van der Waals surface area (Å²) in [6, 6.07) is 10.5. The van der Waals surface area contributed by atoms with Crippen LogP contribution in [0.2, 0.25) is 5.02 Å². The predicted molar refractivity (Wildman–Crippen MR) is 73.8 cm³/mol. The monoisotopic (exact) mass is 294 g/mol. The molecule has 104 valence electrons. The van der Waals surface area contributed by atoms with Gasteiger partial charge in [0.1, 0.15) is 5.82 Å². The van der Waals surface area contributed by atoms with E-state index in [-0.39, 0.29) is 0 Å². The highest BCUT2D eigenvalue weighted by atomic mass is 35.5. The number of methoxy groups -OCH3 is 1. The normalized spacial score (nSPS) is 12.0. The molecule has 20 heavy (non-hydrogen) atoms. The third-order valence-corrected chi connectivity index (χ3v) is 3.23. The van der Waals surface area contributed by atoms with Crippen LogP contribution in [0.25, 0.3) is 11.1 Å². The van der Waals surface area contributed by atoms with Crippen molar-refractivity contribution in [2.75, 3.05) is 7.11 Å². The largest absolute Gasteiger partial charge is 0.467 e. The van der Waals surface area contributed by atoms with E-state index in [0.29, 0.717) is 21.7 Å². The lowest BCUT2D eigenvalue weighted by molar-refractivity contribution is -0.150. The fraction of sp³-hybridized carbons (Fsp3) is 0.133. The van der Waals surface area contributed by atoms with Crippen LogP contribution in [0.15, 0.2) is 42.5 Å². The Bertz CT molecular complexity index is 643. The van der Waals surface area contributed by atoms with Gasteiger partial charge in [-0.25, -0.2) is 9.18 Å². The summed E-state index contributed by atoms with van der Waals surface area (Å²) in [6.07, 6.45) is -1.45. The lowest BCUT2D eigenvalue weighted by Crippen LogP contribution is -2.14. The number of ether oxygens (including phenoxy) is 1. The first-order valence-corrected chi connectivity index (χ1v) is 6.22. The number of benzene rings is 2. The van der Waals surface area contributed by atoms with E-state index in [1.807, 2.05) is 0 Å². The first-order valence-electron chi connectivity index (χ1n) is 5.85. The van der Waals surface area contributed by atoms with E-state index in [9.17, 15) is 14.3 Å². The van der Waals surface area contributed by atoms with E-state index in [2.05, 4.69) is 4.74 Å². The molecule has 1 atom stereocenters. The number of carbonyl (C=O) groups is 1. The molecule has 0 saturated carbocycles. The van der Waals surface area contributed by atoms with Crippen LogP contribution in [0, 0.1) is 5.82 Å². The Hall–Kier alpha value is -1.91. The number of esters is 1. The summed E-state index contributed by atoms with van der Waals surface area (Å²) in [5.41, 5.74) is 1.20. The van der Waals surface area contributed by atoms with Gasteiger partial charge in [-0.05, 0) is 29.3 Å². The van der Waals surface area contributed by atoms with Crippen molar-refractivity contribution in [1.82, 2.24) is 0 Å². The molecule has 0 aromatic heterocycles. The van der Waals surface area contributed by atoms with Crippen LogP contribution in [0.1, 0.15) is 11.7 Å². The first kappa shape index (κ1) is 14.5. The van der Waals surface area contributed by atoms with Crippen LogP contribution >= 0.6 is 11.6 Å². The third-order valence-electron chi connectivity index (χ3n) is 2.90. The van der Waals surface area contributed by atoms with Crippen LogP contribution < -0.4 is 0 Å². The Balaban J connectivity index is 2.58. The summed E-state index contributed by atoms with van der Waals surface area (Å²) < 4.78 is 17.9. The predicted octanol–water partition coefficient (Wildman–Crippen LogP) is 3.35. The number of aliphatic hydroxyl groups is 1. The van der Waals surface area contributed by atoms with Gasteiger partial charge >= 0.3 is 5.97 Å². The Labute approximate surface area is 120 Å². The van der Waals surface area contributed by atoms with Crippen molar-refractivity contribution in [3.63, 3.8) is 0 Å². The van der Waals surface area contributed by atoms with Gasteiger partial charge in [-0.2, -0.15) is 0 Å². The molecule has 0 saturated heterocycles. The second-order valence-electron chi connectivity index (χ2n) is 4.14. The molecule has 0 bridgehead atoms. The van der Waals surface area contributed by atoms with Crippen molar-refractivity contribution in [2.45, 2.75) is 6.10 Å². The number of carbonyl (C=O) groups excluding carboxylic acids is 1. The second kappa shape index (κ2) is 6.03. The van der Waals surface area contributed by atoms with Crippen molar-refractivity contribution >= 4 is 17.6 Å². The summed E-state index contributed by atoms with van der Waals surface area (Å²) in [4.78, 5) is 11.5. The summed E-state index contributed by atoms with van der Waals surface area (Å²) in [5, 5.41) is 10.3. The van der Waals surface area contributed by atoms with Crippen molar-refractivity contribution < 1.29 is 19.0 Å². The average molecular weight is 295 g/mol. The third kappa shape index (κ3) is 2.81. The average Bonchev–Trinajstić information content (AvgIpc) is 2.48. The molecule has 3 nitrogen and oxygen atoms in total. The highest BCUT2D eigenvalue weighted by Gasteiger charge is 2.22. The topological polar surface area (TPSA) is 46.5 Å². The number of aliphatic hydroxyl groups excluding tert-OH is 1. The van der Waals surface area contributed by atoms with E-state index in [4.69, 9.17) is 11.6 Å². The summed E-state index contributed by atoms with van der Waals surface area (Å²) in [6.45, 7) is 0. The highest BCUT2D eigenvalue weighted by Crippen LogP contribution is 2.34. The van der Waals surface area contributed by atoms with Crippen molar-refractivity contribution in [3.05, 3.63) is 58.9 Å². The van der Waals surface area contributed by atoms with E-state index in [1.54, 1.807) is 24.3 Å². The molecule has 0 spiro atoms. The summed E-state index contributed by atoms with van der Waals surface area (Å²) in [5.74, 6) is -1.24. The van der Waals surface area contributed by atoms with Crippen molar-refractivity contribution in [2.24, 2.45) is 0 Å². The van der Waals surface area contributed by atoms with Crippen molar-refractivity contribution in [1.29, 1.82) is 0 Å². The molecule has 0 aliphatic carbocycles. The zero-order chi connectivity index (χ0) is 14.7. The maximum Gasteiger partial charge on any atom is 0.339 e. The zero-order valence-electron chi connectivity index (χ0n) is 10.6. The molecule has 0 fully saturated rings. The molecule has 0 aliphatic rings. The van der Waals surface area contributed by atoms with E-state index in [1.165, 1.54) is 25.3 Å². The van der Waals surface area contributed by atoms with Crippen LogP contribution in [-0.4, -0.2) is 18.2 Å². The minimum Gasteiger partial charge on any atom is -0.467 e. The van der Waals surface area contributed by atoms with Crippen LogP contribution in [0.3, 0.4) is 0 Å². The first-order chi connectivity index (χ1) is 9.54. The second-order valence-corrected chi connectivity index (χ2v) is 4.54. The number of hydrogen-bond donors (Lipinski definition) is 1. The van der Waals surface area contributed by atoms with Gasteiger partial charge < -0.3 is 9.84 Å². The van der Waals surface area contributed by atoms with Gasteiger partial charge in [0.2, 0.25) is 0 Å². The molecular weight excluding hydrogens is 283 g/mol. The molecule has 1 N–H and O–H groups in total. The fourth-order valence-corrected chi connectivity index (χ4v) is 2.14. The molecule has 1 unspecified atom stereocenters. The number of rotatable bonds is 3. The molecule has 2 aromatic rings. The van der Waals surface area contributed by atoms with E-state index in [0.717, 1.165) is 0 Å². The highest BCUT2D eigenvalue weighted by molar-refractivity contribution is 6.33. The molecule has 0 radical (unpaired) electrons. The van der Waals surface area contributed by atoms with E-state index < -0.39 is 17.9 Å². The molecule has 0 aliphatic heterocycles. The Morgan fingerprint density at radius 1 is 1.25 bits per heavy atom. The minimum atomic E-state index is -1.45. The van der Waals surface area contributed by atoms with Gasteiger partial charge in [0, 0.05) is 10.6 Å². The van der Waals surface area contributed by atoms with Gasteiger partial charge in [-0.15, -0.1) is 0 Å². The summed E-state index contributed by atoms with van der Waals surface area (Å²) >= 11 is 6.06. The Morgan fingerprint density at radius 3 is 2.65 bits per heavy atom. The maximum absolute atomic E-state index is 13.4. The Kier molecular flexibility index (Phi) is 4.37. The van der Waals surface area contributed by atoms with Gasteiger partial charge in [0.05, 0.1) is 7.11 Å². The lowest BCUT2D eigenvalue weighted by atomic mass is 9.96. The minimum absolute atomic E-state index is 0.312. The molecular formula is C15H12ClFO3. The quantitative estimate of drug-likeness (QED) is 0.883. The molecule has 0 heterocycles. The van der Waals surface area contributed by atoms with Crippen molar-refractivity contribution in [3.8, 4) is 11.1 Å². The fourth-order valence-electron chi connectivity index (χ4n) is 1.92. The van der Waals surface area contributed by atoms with Gasteiger partial charge in [0.15, 0.2) is 6.10 Å².